The highest BCUT2D eigenvalue weighted by Crippen LogP contribution is 2.34. The maximum Gasteiger partial charge on any atom is 0.230 e. The van der Waals surface area contributed by atoms with Gasteiger partial charge in [0.1, 0.15) is 12.4 Å². The number of fused-ring (bicyclic) bond motifs is 1. The molecule has 3 heterocycles. The summed E-state index contributed by atoms with van der Waals surface area (Å²) in [5, 5.41) is 4.12. The molecule has 1 aromatic carbocycles. The van der Waals surface area contributed by atoms with E-state index in [9.17, 15) is 4.79 Å². The Labute approximate surface area is 147 Å². The third kappa shape index (κ3) is 3.01. The van der Waals surface area contributed by atoms with Crippen molar-refractivity contribution in [3.63, 3.8) is 0 Å². The number of carbonyl (C=O) groups excluding carboxylic acids is 1. The van der Waals surface area contributed by atoms with E-state index in [1.54, 1.807) is 0 Å². The van der Waals surface area contributed by atoms with Crippen LogP contribution >= 0.6 is 0 Å². The van der Waals surface area contributed by atoms with Crippen molar-refractivity contribution in [3.05, 3.63) is 41.5 Å². The fourth-order valence-corrected chi connectivity index (χ4v) is 3.64. The number of amides is 1. The van der Waals surface area contributed by atoms with E-state index in [-0.39, 0.29) is 23.8 Å². The summed E-state index contributed by atoms with van der Waals surface area (Å²) in [4.78, 5) is 19.5. The minimum absolute atomic E-state index is 0.0825. The zero-order valence-corrected chi connectivity index (χ0v) is 14.6. The maximum atomic E-state index is 13.1. The van der Waals surface area contributed by atoms with Crippen LogP contribution in [0.3, 0.4) is 0 Å². The molecule has 0 saturated carbocycles. The molecule has 0 spiro atoms. The monoisotopic (exact) mass is 341 g/mol. The highest BCUT2D eigenvalue weighted by atomic mass is 16.5. The van der Waals surface area contributed by atoms with Gasteiger partial charge in [-0.15, -0.1) is 0 Å². The predicted octanol–water partition coefficient (Wildman–Crippen LogP) is 3.11. The number of para-hydroxylation sites is 1. The number of nitrogens with zero attached hydrogens (tertiary/aromatic N) is 3. The standard InChI is InChI=1S/C19H23N3O3/c1-12(2)18-20-17(21-25-18)15-7-5-9-22(15)19(23)14-10-13-6-3-4-8-16(13)24-11-14/h3-4,6,8,12,14-15H,5,7,9-11H2,1-2H3/t14-,15-/m1/s1. The van der Waals surface area contributed by atoms with Crippen molar-refractivity contribution in [1.82, 2.24) is 15.0 Å². The van der Waals surface area contributed by atoms with Gasteiger partial charge < -0.3 is 14.2 Å². The van der Waals surface area contributed by atoms with Crippen molar-refractivity contribution in [2.75, 3.05) is 13.2 Å². The Morgan fingerprint density at radius 3 is 2.96 bits per heavy atom. The molecule has 0 unspecified atom stereocenters. The minimum Gasteiger partial charge on any atom is -0.492 e. The molecular formula is C19H23N3O3. The summed E-state index contributed by atoms with van der Waals surface area (Å²) < 4.78 is 11.1. The van der Waals surface area contributed by atoms with Gasteiger partial charge in [0.05, 0.1) is 12.0 Å². The first-order chi connectivity index (χ1) is 12.1. The topological polar surface area (TPSA) is 68.5 Å². The quantitative estimate of drug-likeness (QED) is 0.858. The molecule has 2 atom stereocenters. The van der Waals surface area contributed by atoms with Crippen molar-refractivity contribution < 1.29 is 14.1 Å². The van der Waals surface area contributed by atoms with Gasteiger partial charge in [-0.1, -0.05) is 37.2 Å². The molecule has 2 aliphatic heterocycles. The van der Waals surface area contributed by atoms with Crippen LogP contribution in [-0.4, -0.2) is 34.1 Å². The van der Waals surface area contributed by atoms with Crippen LogP contribution in [0.1, 0.15) is 55.9 Å². The van der Waals surface area contributed by atoms with Crippen molar-refractivity contribution in [1.29, 1.82) is 0 Å². The summed E-state index contributed by atoms with van der Waals surface area (Å²) >= 11 is 0. The number of ether oxygens (including phenoxy) is 1. The molecule has 2 aromatic rings. The smallest absolute Gasteiger partial charge is 0.230 e. The van der Waals surface area contributed by atoms with E-state index in [1.165, 1.54) is 0 Å². The van der Waals surface area contributed by atoms with E-state index in [0.29, 0.717) is 18.3 Å². The summed E-state index contributed by atoms with van der Waals surface area (Å²) in [6.45, 7) is 5.22. The van der Waals surface area contributed by atoms with Crippen LogP contribution in [0.25, 0.3) is 0 Å². The number of carbonyl (C=O) groups is 1. The molecule has 6 heteroatoms. The fourth-order valence-electron chi connectivity index (χ4n) is 3.64. The van der Waals surface area contributed by atoms with Gasteiger partial charge >= 0.3 is 0 Å². The van der Waals surface area contributed by atoms with Crippen molar-refractivity contribution in [2.24, 2.45) is 5.92 Å². The Morgan fingerprint density at radius 1 is 1.32 bits per heavy atom. The van der Waals surface area contributed by atoms with Crippen LogP contribution in [0.2, 0.25) is 0 Å². The lowest BCUT2D eigenvalue weighted by molar-refractivity contribution is -0.138. The van der Waals surface area contributed by atoms with E-state index in [4.69, 9.17) is 9.26 Å². The molecule has 6 nitrogen and oxygen atoms in total. The molecule has 0 bridgehead atoms. The first kappa shape index (κ1) is 16.1. The number of rotatable bonds is 3. The third-order valence-electron chi connectivity index (χ3n) is 5.01. The van der Waals surface area contributed by atoms with Gasteiger partial charge in [-0.05, 0) is 30.9 Å². The number of aromatic nitrogens is 2. The van der Waals surface area contributed by atoms with E-state index < -0.39 is 0 Å². The van der Waals surface area contributed by atoms with Crippen molar-refractivity contribution in [3.8, 4) is 5.75 Å². The molecular weight excluding hydrogens is 318 g/mol. The van der Waals surface area contributed by atoms with Gasteiger partial charge in [0.2, 0.25) is 11.8 Å². The SMILES string of the molecule is CC(C)c1nc([C@H]2CCCN2C(=O)[C@H]2COc3ccccc3C2)no1. The van der Waals surface area contributed by atoms with Gasteiger partial charge in [0.15, 0.2) is 5.82 Å². The average molecular weight is 341 g/mol. The van der Waals surface area contributed by atoms with E-state index in [2.05, 4.69) is 10.1 Å². The third-order valence-corrected chi connectivity index (χ3v) is 5.01. The molecule has 1 amide bonds. The summed E-state index contributed by atoms with van der Waals surface area (Å²) in [6, 6.07) is 7.85. The fraction of sp³-hybridized carbons (Fsp3) is 0.526. The highest BCUT2D eigenvalue weighted by molar-refractivity contribution is 5.80. The van der Waals surface area contributed by atoms with E-state index >= 15 is 0 Å². The summed E-state index contributed by atoms with van der Waals surface area (Å²) in [6.07, 6.45) is 2.57. The van der Waals surface area contributed by atoms with Crippen LogP contribution < -0.4 is 4.74 Å². The van der Waals surface area contributed by atoms with Crippen LogP contribution in [-0.2, 0) is 11.2 Å². The Bertz CT molecular complexity index is 771. The molecule has 0 N–H and O–H groups in total. The van der Waals surface area contributed by atoms with Gasteiger partial charge in [-0.2, -0.15) is 4.98 Å². The Kier molecular flexibility index (Phi) is 4.19. The molecule has 2 aliphatic rings. The summed E-state index contributed by atoms with van der Waals surface area (Å²) in [5.41, 5.74) is 1.10. The molecule has 0 aliphatic carbocycles. The first-order valence-electron chi connectivity index (χ1n) is 8.98. The first-order valence-corrected chi connectivity index (χ1v) is 8.98. The van der Waals surface area contributed by atoms with Gasteiger partial charge in [0, 0.05) is 12.5 Å². The second-order valence-electron chi connectivity index (χ2n) is 7.15. The zero-order valence-electron chi connectivity index (χ0n) is 14.6. The Balaban J connectivity index is 1.51. The van der Waals surface area contributed by atoms with Crippen LogP contribution in [0, 0.1) is 5.92 Å². The minimum atomic E-state index is -0.146. The second-order valence-corrected chi connectivity index (χ2v) is 7.15. The zero-order chi connectivity index (χ0) is 17.4. The maximum absolute atomic E-state index is 13.1. The average Bonchev–Trinajstić information content (AvgIpc) is 3.29. The lowest BCUT2D eigenvalue weighted by Crippen LogP contribution is -2.40. The lowest BCUT2D eigenvalue weighted by Gasteiger charge is -2.30. The molecule has 1 saturated heterocycles. The Morgan fingerprint density at radius 2 is 2.16 bits per heavy atom. The van der Waals surface area contributed by atoms with Gasteiger partial charge in [0.25, 0.3) is 0 Å². The number of likely N-dealkylation sites (tertiary alicyclic amines) is 1. The van der Waals surface area contributed by atoms with Crippen molar-refractivity contribution in [2.45, 2.75) is 45.1 Å². The molecule has 1 fully saturated rings. The Hall–Kier alpha value is -2.37. The van der Waals surface area contributed by atoms with E-state index in [1.807, 2.05) is 43.0 Å². The summed E-state index contributed by atoms with van der Waals surface area (Å²) in [5.74, 6) is 2.33. The molecule has 25 heavy (non-hydrogen) atoms. The second kappa shape index (κ2) is 6.50. The number of benzene rings is 1. The van der Waals surface area contributed by atoms with Crippen LogP contribution in [0.4, 0.5) is 0 Å². The normalized spacial score (nSPS) is 22.8. The molecule has 0 radical (unpaired) electrons. The summed E-state index contributed by atoms with van der Waals surface area (Å²) in [7, 11) is 0. The molecule has 132 valence electrons. The molecule has 1 aromatic heterocycles. The molecule has 4 rings (SSSR count). The van der Waals surface area contributed by atoms with Crippen LogP contribution in [0.15, 0.2) is 28.8 Å². The van der Waals surface area contributed by atoms with Gasteiger partial charge in [-0.3, -0.25) is 4.79 Å². The highest BCUT2D eigenvalue weighted by Gasteiger charge is 2.38. The van der Waals surface area contributed by atoms with Crippen molar-refractivity contribution >= 4 is 5.91 Å². The van der Waals surface area contributed by atoms with Crippen LogP contribution in [0.5, 0.6) is 5.75 Å². The van der Waals surface area contributed by atoms with Gasteiger partial charge in [-0.25, -0.2) is 0 Å². The number of hydrogen-bond donors (Lipinski definition) is 0. The number of hydrogen-bond acceptors (Lipinski definition) is 5. The van der Waals surface area contributed by atoms with E-state index in [0.717, 1.165) is 37.1 Å². The largest absolute Gasteiger partial charge is 0.492 e. The lowest BCUT2D eigenvalue weighted by atomic mass is 9.95. The predicted molar refractivity (Wildman–Crippen MR) is 91.2 cm³/mol.